The van der Waals surface area contributed by atoms with E-state index in [1.165, 1.54) is 4.90 Å². The second-order valence-corrected chi connectivity index (χ2v) is 6.87. The molecule has 0 saturated heterocycles. The number of nitrogens with one attached hydrogen (secondary N) is 2. The Morgan fingerprint density at radius 3 is 2.48 bits per heavy atom. The van der Waals surface area contributed by atoms with Crippen molar-refractivity contribution in [3.8, 4) is 5.75 Å². The molecule has 0 spiro atoms. The number of carbonyl (C=O) groups excluding carboxylic acids is 1. The lowest BCUT2D eigenvalue weighted by atomic mass is 10.0. The summed E-state index contributed by atoms with van der Waals surface area (Å²) < 4.78 is 5.85. The Morgan fingerprint density at radius 1 is 1.11 bits per heavy atom. The fourth-order valence-corrected chi connectivity index (χ4v) is 3.47. The highest BCUT2D eigenvalue weighted by atomic mass is 16.3. The number of phenols is 1. The molecule has 0 aliphatic heterocycles. The number of para-hydroxylation sites is 1. The maximum atomic E-state index is 13.1. The maximum Gasteiger partial charge on any atom is 0.259 e. The molecular formula is C22H27N2O3+. The number of amides is 1. The normalized spacial score (nSPS) is 11.3. The fraction of sp³-hybridized carbons (Fsp3) is 0.318. The summed E-state index contributed by atoms with van der Waals surface area (Å²) in [6.45, 7) is 10.5. The lowest BCUT2D eigenvalue weighted by Crippen LogP contribution is -3.10. The molecule has 2 aromatic carbocycles. The molecular weight excluding hydrogens is 340 g/mol. The van der Waals surface area contributed by atoms with Gasteiger partial charge in [-0.1, -0.05) is 18.2 Å². The SMILES string of the molecule is CC[NH+](CC)Cc1c(O)ccc2oc(C)c(C(=O)Nc3ccccc3C)c12. The number of carbonyl (C=O) groups is 1. The van der Waals surface area contributed by atoms with Gasteiger partial charge in [-0.15, -0.1) is 0 Å². The van der Waals surface area contributed by atoms with Crippen LogP contribution >= 0.6 is 0 Å². The summed E-state index contributed by atoms with van der Waals surface area (Å²) in [6, 6.07) is 11.0. The zero-order chi connectivity index (χ0) is 19.6. The Kier molecular flexibility index (Phi) is 5.51. The van der Waals surface area contributed by atoms with E-state index >= 15 is 0 Å². The highest BCUT2D eigenvalue weighted by Gasteiger charge is 2.24. The highest BCUT2D eigenvalue weighted by molar-refractivity contribution is 6.14. The molecule has 0 fully saturated rings. The predicted octanol–water partition coefficient (Wildman–Crippen LogP) is 3.43. The van der Waals surface area contributed by atoms with Crippen molar-refractivity contribution >= 4 is 22.6 Å². The van der Waals surface area contributed by atoms with Crippen LogP contribution in [0.5, 0.6) is 5.75 Å². The van der Waals surface area contributed by atoms with Gasteiger partial charge in [-0.2, -0.15) is 0 Å². The number of benzene rings is 2. The molecule has 1 aromatic heterocycles. The van der Waals surface area contributed by atoms with E-state index in [1.807, 2.05) is 31.2 Å². The number of aromatic hydroxyl groups is 1. The minimum Gasteiger partial charge on any atom is -0.507 e. The van der Waals surface area contributed by atoms with E-state index in [1.54, 1.807) is 19.1 Å². The molecule has 0 aliphatic rings. The first-order chi connectivity index (χ1) is 13.0. The van der Waals surface area contributed by atoms with Crippen molar-refractivity contribution in [1.29, 1.82) is 0 Å². The van der Waals surface area contributed by atoms with Gasteiger partial charge in [-0.05, 0) is 51.5 Å². The van der Waals surface area contributed by atoms with E-state index in [4.69, 9.17) is 4.42 Å². The second kappa shape index (κ2) is 7.84. The summed E-state index contributed by atoms with van der Waals surface area (Å²) in [5, 5.41) is 14.2. The molecule has 5 heteroatoms. The molecule has 27 heavy (non-hydrogen) atoms. The van der Waals surface area contributed by atoms with Crippen molar-refractivity contribution in [3.05, 3.63) is 58.8 Å². The van der Waals surface area contributed by atoms with Gasteiger partial charge in [0.2, 0.25) is 0 Å². The van der Waals surface area contributed by atoms with Crippen LogP contribution in [-0.2, 0) is 6.54 Å². The van der Waals surface area contributed by atoms with Gasteiger partial charge in [0.05, 0.1) is 24.2 Å². The average molecular weight is 367 g/mol. The van der Waals surface area contributed by atoms with Crippen molar-refractivity contribution in [1.82, 2.24) is 0 Å². The number of furan rings is 1. The highest BCUT2D eigenvalue weighted by Crippen LogP contribution is 2.34. The monoisotopic (exact) mass is 367 g/mol. The van der Waals surface area contributed by atoms with Gasteiger partial charge in [0.15, 0.2) is 0 Å². The molecule has 5 nitrogen and oxygen atoms in total. The molecule has 3 rings (SSSR count). The van der Waals surface area contributed by atoms with Crippen molar-refractivity contribution in [2.75, 3.05) is 18.4 Å². The standard InChI is InChI=1S/C22H26N2O3/c1-5-24(6-2)13-16-18(25)11-12-19-21(16)20(15(4)27-19)22(26)23-17-10-8-7-9-14(17)3/h7-12,25H,5-6,13H2,1-4H3,(H,23,26)/p+1. The Bertz CT molecular complexity index is 971. The first-order valence-electron chi connectivity index (χ1n) is 9.40. The van der Waals surface area contributed by atoms with Crippen molar-refractivity contribution in [3.63, 3.8) is 0 Å². The van der Waals surface area contributed by atoms with E-state index in [-0.39, 0.29) is 11.7 Å². The van der Waals surface area contributed by atoms with Gasteiger partial charge in [-0.3, -0.25) is 4.79 Å². The van der Waals surface area contributed by atoms with Gasteiger partial charge >= 0.3 is 0 Å². The fourth-order valence-electron chi connectivity index (χ4n) is 3.47. The van der Waals surface area contributed by atoms with Crippen LogP contribution in [0, 0.1) is 13.8 Å². The van der Waals surface area contributed by atoms with Crippen molar-refractivity contribution in [2.24, 2.45) is 0 Å². The average Bonchev–Trinajstić information content (AvgIpc) is 2.99. The van der Waals surface area contributed by atoms with Gasteiger partial charge in [0, 0.05) is 11.1 Å². The third-order valence-electron chi connectivity index (χ3n) is 5.16. The van der Waals surface area contributed by atoms with Crippen LogP contribution in [0.25, 0.3) is 11.0 Å². The van der Waals surface area contributed by atoms with Gasteiger partial charge in [0.25, 0.3) is 5.91 Å². The van der Waals surface area contributed by atoms with Crippen LogP contribution in [0.4, 0.5) is 5.69 Å². The molecule has 0 unspecified atom stereocenters. The molecule has 3 aromatic rings. The summed E-state index contributed by atoms with van der Waals surface area (Å²) >= 11 is 0. The number of anilines is 1. The number of fused-ring (bicyclic) bond motifs is 1. The first kappa shape index (κ1) is 19.0. The summed E-state index contributed by atoms with van der Waals surface area (Å²) in [5.41, 5.74) is 3.64. The Balaban J connectivity index is 2.09. The molecule has 142 valence electrons. The summed E-state index contributed by atoms with van der Waals surface area (Å²) in [6.07, 6.45) is 0. The Labute approximate surface area is 159 Å². The number of rotatable bonds is 6. The molecule has 0 aliphatic carbocycles. The second-order valence-electron chi connectivity index (χ2n) is 6.87. The number of hydrogen-bond donors (Lipinski definition) is 3. The summed E-state index contributed by atoms with van der Waals surface area (Å²) in [5.74, 6) is 0.534. The summed E-state index contributed by atoms with van der Waals surface area (Å²) in [4.78, 5) is 14.4. The molecule has 0 bridgehead atoms. The van der Waals surface area contributed by atoms with E-state index in [0.29, 0.717) is 28.8 Å². The number of quaternary nitrogens is 1. The van der Waals surface area contributed by atoms with Crippen molar-refractivity contribution < 1.29 is 19.2 Å². The zero-order valence-electron chi connectivity index (χ0n) is 16.3. The maximum absolute atomic E-state index is 13.1. The van der Waals surface area contributed by atoms with E-state index in [2.05, 4.69) is 19.2 Å². The molecule has 1 heterocycles. The molecule has 0 atom stereocenters. The largest absolute Gasteiger partial charge is 0.507 e. The molecule has 3 N–H and O–H groups in total. The summed E-state index contributed by atoms with van der Waals surface area (Å²) in [7, 11) is 0. The van der Waals surface area contributed by atoms with Crippen LogP contribution < -0.4 is 10.2 Å². The number of aryl methyl sites for hydroxylation is 2. The quantitative estimate of drug-likeness (QED) is 0.625. The van der Waals surface area contributed by atoms with E-state index in [0.717, 1.165) is 29.9 Å². The van der Waals surface area contributed by atoms with E-state index in [9.17, 15) is 9.90 Å². The Morgan fingerprint density at radius 2 is 1.81 bits per heavy atom. The smallest absolute Gasteiger partial charge is 0.259 e. The predicted molar refractivity (Wildman–Crippen MR) is 107 cm³/mol. The van der Waals surface area contributed by atoms with Crippen LogP contribution in [0.1, 0.15) is 41.1 Å². The van der Waals surface area contributed by atoms with E-state index < -0.39 is 0 Å². The minimum absolute atomic E-state index is 0.202. The number of hydrogen-bond acceptors (Lipinski definition) is 3. The van der Waals surface area contributed by atoms with Gasteiger partial charge < -0.3 is 19.7 Å². The van der Waals surface area contributed by atoms with Gasteiger partial charge in [0.1, 0.15) is 23.6 Å². The van der Waals surface area contributed by atoms with Crippen molar-refractivity contribution in [2.45, 2.75) is 34.2 Å². The van der Waals surface area contributed by atoms with Crippen LogP contribution in [0.3, 0.4) is 0 Å². The minimum atomic E-state index is -0.220. The van der Waals surface area contributed by atoms with Crippen LogP contribution in [0.15, 0.2) is 40.8 Å². The molecule has 0 saturated carbocycles. The lowest BCUT2D eigenvalue weighted by Gasteiger charge is -2.17. The van der Waals surface area contributed by atoms with Gasteiger partial charge in [-0.25, -0.2) is 0 Å². The third-order valence-corrected chi connectivity index (χ3v) is 5.16. The lowest BCUT2D eigenvalue weighted by molar-refractivity contribution is -0.910. The van der Waals surface area contributed by atoms with Crippen LogP contribution in [0.2, 0.25) is 0 Å². The topological polar surface area (TPSA) is 66.9 Å². The zero-order valence-corrected chi connectivity index (χ0v) is 16.3. The number of phenolic OH excluding ortho intramolecular Hbond substituents is 1. The first-order valence-corrected chi connectivity index (χ1v) is 9.40. The Hall–Kier alpha value is -2.79. The molecule has 0 radical (unpaired) electrons. The molecule has 1 amide bonds. The third kappa shape index (κ3) is 3.69. The van der Waals surface area contributed by atoms with Crippen LogP contribution in [-0.4, -0.2) is 24.1 Å².